The zero-order valence-corrected chi connectivity index (χ0v) is 16.5. The van der Waals surface area contributed by atoms with Gasteiger partial charge in [-0.2, -0.15) is 5.26 Å². The maximum atomic E-state index is 13.1. The molecule has 1 unspecified atom stereocenters. The monoisotopic (exact) mass is 385 g/mol. The number of likely N-dealkylation sites (N-methyl/N-ethyl adjacent to an activating group) is 1. The molecule has 27 heavy (non-hydrogen) atoms. The molecule has 1 aromatic heterocycles. The SMILES string of the molecule is CC(c1ccc(F)cc1)N(C)CC(=O)Nc1sc2c(c1C#N)CCCCC2. The first-order valence-corrected chi connectivity index (χ1v) is 10.1. The summed E-state index contributed by atoms with van der Waals surface area (Å²) < 4.78 is 13.1. The first-order valence-electron chi connectivity index (χ1n) is 9.29. The van der Waals surface area contributed by atoms with Gasteiger partial charge in [0.25, 0.3) is 0 Å². The summed E-state index contributed by atoms with van der Waals surface area (Å²) in [5, 5.41) is 13.2. The Balaban J connectivity index is 1.67. The van der Waals surface area contributed by atoms with Gasteiger partial charge in [-0.05, 0) is 62.9 Å². The second-order valence-corrected chi connectivity index (χ2v) is 8.18. The lowest BCUT2D eigenvalue weighted by Crippen LogP contribution is -2.32. The van der Waals surface area contributed by atoms with E-state index in [1.807, 2.05) is 18.9 Å². The van der Waals surface area contributed by atoms with Crippen molar-refractivity contribution in [1.29, 1.82) is 5.26 Å². The molecule has 142 valence electrons. The van der Waals surface area contributed by atoms with Crippen molar-refractivity contribution in [3.8, 4) is 6.07 Å². The number of thiophene rings is 1. The average molecular weight is 386 g/mol. The molecule has 1 heterocycles. The van der Waals surface area contributed by atoms with E-state index in [9.17, 15) is 14.4 Å². The van der Waals surface area contributed by atoms with Gasteiger partial charge in [0, 0.05) is 10.9 Å². The van der Waals surface area contributed by atoms with Crippen molar-refractivity contribution in [3.63, 3.8) is 0 Å². The van der Waals surface area contributed by atoms with E-state index in [2.05, 4.69) is 11.4 Å². The van der Waals surface area contributed by atoms with Crippen LogP contribution in [-0.2, 0) is 17.6 Å². The van der Waals surface area contributed by atoms with E-state index in [0.717, 1.165) is 36.8 Å². The first-order chi connectivity index (χ1) is 13.0. The van der Waals surface area contributed by atoms with Crippen LogP contribution in [0.2, 0.25) is 0 Å². The first kappa shape index (κ1) is 19.5. The topological polar surface area (TPSA) is 56.1 Å². The zero-order chi connectivity index (χ0) is 19.4. The van der Waals surface area contributed by atoms with Crippen LogP contribution in [0, 0.1) is 17.1 Å². The normalized spacial score (nSPS) is 14.9. The molecule has 0 aliphatic heterocycles. The van der Waals surface area contributed by atoms with E-state index in [1.165, 1.54) is 23.4 Å². The second kappa shape index (κ2) is 8.64. The number of fused-ring (bicyclic) bond motifs is 1. The van der Waals surface area contributed by atoms with Crippen LogP contribution in [0.5, 0.6) is 0 Å². The third-order valence-corrected chi connectivity index (χ3v) is 6.40. The molecule has 1 amide bonds. The minimum Gasteiger partial charge on any atom is -0.315 e. The van der Waals surface area contributed by atoms with Gasteiger partial charge in [-0.1, -0.05) is 18.6 Å². The van der Waals surface area contributed by atoms with Crippen LogP contribution in [0.1, 0.15) is 53.8 Å². The standard InChI is InChI=1S/C21H24FN3OS/c1-14(15-8-10-16(22)11-9-15)25(2)13-20(26)24-21-18(12-23)17-6-4-3-5-7-19(17)27-21/h8-11,14H,3-7,13H2,1-2H3,(H,24,26). The molecule has 6 heteroatoms. The number of nitrogens with one attached hydrogen (secondary N) is 1. The molecule has 0 radical (unpaired) electrons. The Bertz CT molecular complexity index is 854. The van der Waals surface area contributed by atoms with Crippen molar-refractivity contribution in [2.45, 2.75) is 45.1 Å². The molecule has 0 saturated carbocycles. The fourth-order valence-corrected chi connectivity index (χ4v) is 4.73. The minimum atomic E-state index is -0.271. The fourth-order valence-electron chi connectivity index (χ4n) is 3.47. The maximum absolute atomic E-state index is 13.1. The van der Waals surface area contributed by atoms with Crippen LogP contribution in [0.15, 0.2) is 24.3 Å². The molecule has 3 rings (SSSR count). The number of amides is 1. The van der Waals surface area contributed by atoms with Crippen LogP contribution in [0.25, 0.3) is 0 Å². The van der Waals surface area contributed by atoms with Gasteiger partial charge in [0.05, 0.1) is 12.1 Å². The van der Waals surface area contributed by atoms with E-state index < -0.39 is 0 Å². The highest BCUT2D eigenvalue weighted by molar-refractivity contribution is 7.16. The highest BCUT2D eigenvalue weighted by atomic mass is 32.1. The number of nitrogens with zero attached hydrogens (tertiary/aromatic N) is 2. The number of benzene rings is 1. The van der Waals surface area contributed by atoms with Crippen molar-refractivity contribution in [3.05, 3.63) is 51.7 Å². The van der Waals surface area contributed by atoms with Gasteiger partial charge in [0.2, 0.25) is 5.91 Å². The molecule has 1 N–H and O–H groups in total. The molecule has 2 aromatic rings. The number of rotatable bonds is 5. The van der Waals surface area contributed by atoms with Crippen LogP contribution in [-0.4, -0.2) is 24.4 Å². The van der Waals surface area contributed by atoms with Gasteiger partial charge in [0.1, 0.15) is 16.9 Å². The second-order valence-electron chi connectivity index (χ2n) is 7.07. The van der Waals surface area contributed by atoms with E-state index in [-0.39, 0.29) is 24.3 Å². The number of aryl methyl sites for hydroxylation is 1. The Morgan fingerprint density at radius 1 is 1.30 bits per heavy atom. The fraction of sp³-hybridized carbons (Fsp3) is 0.429. The molecule has 0 spiro atoms. The van der Waals surface area contributed by atoms with Crippen LogP contribution >= 0.6 is 11.3 Å². The molecule has 0 bridgehead atoms. The zero-order valence-electron chi connectivity index (χ0n) is 15.7. The van der Waals surface area contributed by atoms with Crippen molar-refractivity contribution < 1.29 is 9.18 Å². The summed E-state index contributed by atoms with van der Waals surface area (Å²) in [5.74, 6) is -0.410. The number of anilines is 1. The molecule has 1 aliphatic carbocycles. The Kier molecular flexibility index (Phi) is 6.25. The predicted octanol–water partition coefficient (Wildman–Crippen LogP) is 4.66. The minimum absolute atomic E-state index is 0.0214. The molecular formula is C21H24FN3OS. The lowest BCUT2D eigenvalue weighted by Gasteiger charge is -2.24. The summed E-state index contributed by atoms with van der Waals surface area (Å²) >= 11 is 1.55. The largest absolute Gasteiger partial charge is 0.315 e. The Morgan fingerprint density at radius 3 is 2.70 bits per heavy atom. The number of carbonyl (C=O) groups excluding carboxylic acids is 1. The smallest absolute Gasteiger partial charge is 0.239 e. The van der Waals surface area contributed by atoms with Gasteiger partial charge in [0.15, 0.2) is 0 Å². The summed E-state index contributed by atoms with van der Waals surface area (Å²) in [6, 6.07) is 8.59. The predicted molar refractivity (Wildman–Crippen MR) is 106 cm³/mol. The van der Waals surface area contributed by atoms with Gasteiger partial charge < -0.3 is 5.32 Å². The van der Waals surface area contributed by atoms with Crippen molar-refractivity contribution in [2.75, 3.05) is 18.9 Å². The number of carbonyl (C=O) groups is 1. The Hall–Kier alpha value is -2.23. The van der Waals surface area contributed by atoms with Crippen LogP contribution in [0.4, 0.5) is 9.39 Å². The molecule has 1 atom stereocenters. The van der Waals surface area contributed by atoms with Gasteiger partial charge in [-0.3, -0.25) is 9.69 Å². The molecular weight excluding hydrogens is 361 g/mol. The highest BCUT2D eigenvalue weighted by Crippen LogP contribution is 2.37. The third kappa shape index (κ3) is 4.55. The van der Waals surface area contributed by atoms with E-state index in [4.69, 9.17) is 0 Å². The van der Waals surface area contributed by atoms with Gasteiger partial charge >= 0.3 is 0 Å². The summed E-state index contributed by atoms with van der Waals surface area (Å²) in [7, 11) is 1.86. The summed E-state index contributed by atoms with van der Waals surface area (Å²) in [4.78, 5) is 15.7. The number of nitriles is 1. The summed E-state index contributed by atoms with van der Waals surface area (Å²) in [6.07, 6.45) is 5.35. The quantitative estimate of drug-likeness (QED) is 0.762. The van der Waals surface area contributed by atoms with Crippen LogP contribution < -0.4 is 5.32 Å². The number of hydrogen-bond donors (Lipinski definition) is 1. The molecule has 0 saturated heterocycles. The van der Waals surface area contributed by atoms with Gasteiger partial charge in [-0.15, -0.1) is 11.3 Å². The van der Waals surface area contributed by atoms with E-state index >= 15 is 0 Å². The van der Waals surface area contributed by atoms with E-state index in [0.29, 0.717) is 10.6 Å². The third-order valence-electron chi connectivity index (χ3n) is 5.19. The van der Waals surface area contributed by atoms with Crippen molar-refractivity contribution in [2.24, 2.45) is 0 Å². The molecule has 1 aliphatic rings. The Morgan fingerprint density at radius 2 is 2.00 bits per heavy atom. The summed E-state index contributed by atoms with van der Waals surface area (Å²) in [6.45, 7) is 2.18. The lowest BCUT2D eigenvalue weighted by molar-refractivity contribution is -0.117. The van der Waals surface area contributed by atoms with Gasteiger partial charge in [-0.25, -0.2) is 4.39 Å². The lowest BCUT2D eigenvalue weighted by atomic mass is 10.1. The maximum Gasteiger partial charge on any atom is 0.239 e. The van der Waals surface area contributed by atoms with Crippen molar-refractivity contribution >= 4 is 22.2 Å². The highest BCUT2D eigenvalue weighted by Gasteiger charge is 2.22. The molecule has 1 aromatic carbocycles. The number of halogens is 1. The molecule has 4 nitrogen and oxygen atoms in total. The van der Waals surface area contributed by atoms with E-state index in [1.54, 1.807) is 23.5 Å². The van der Waals surface area contributed by atoms with Crippen molar-refractivity contribution in [1.82, 2.24) is 4.90 Å². The summed E-state index contributed by atoms with van der Waals surface area (Å²) in [5.41, 5.74) is 2.72. The van der Waals surface area contributed by atoms with Crippen LogP contribution in [0.3, 0.4) is 0 Å². The average Bonchev–Trinajstić information content (AvgIpc) is 2.81. The Labute approximate surface area is 163 Å². The number of hydrogen-bond acceptors (Lipinski definition) is 4. The molecule has 0 fully saturated rings.